The molecule has 0 atom stereocenters. The Bertz CT molecular complexity index is 773. The van der Waals surface area contributed by atoms with Crippen LogP contribution in [0, 0.1) is 0 Å². The van der Waals surface area contributed by atoms with Crippen LogP contribution in [0.5, 0.6) is 0 Å². The second-order valence-corrected chi connectivity index (χ2v) is 5.98. The molecular formula is C20H22N2O4S. The Balaban J connectivity index is 1.95. The van der Waals surface area contributed by atoms with Gasteiger partial charge in [0.05, 0.1) is 25.8 Å². The summed E-state index contributed by atoms with van der Waals surface area (Å²) < 4.78 is 10.3. The van der Waals surface area contributed by atoms with E-state index >= 15 is 0 Å². The molecule has 27 heavy (non-hydrogen) atoms. The van der Waals surface area contributed by atoms with Gasteiger partial charge in [-0.05, 0) is 42.9 Å². The van der Waals surface area contributed by atoms with Gasteiger partial charge in [-0.2, -0.15) is 0 Å². The third-order valence-electron chi connectivity index (χ3n) is 3.56. The molecule has 0 aliphatic carbocycles. The molecule has 0 bridgehead atoms. The fourth-order valence-corrected chi connectivity index (χ4v) is 2.52. The molecule has 142 valence electrons. The Morgan fingerprint density at radius 2 is 2.00 bits per heavy atom. The van der Waals surface area contributed by atoms with E-state index in [2.05, 4.69) is 5.32 Å². The number of carbonyl (C=O) groups is 2. The number of amides is 1. The number of furan rings is 1. The number of benzene rings is 1. The van der Waals surface area contributed by atoms with Gasteiger partial charge >= 0.3 is 5.97 Å². The lowest BCUT2D eigenvalue weighted by atomic mass is 10.2. The van der Waals surface area contributed by atoms with E-state index in [1.807, 2.05) is 30.3 Å². The highest BCUT2D eigenvalue weighted by atomic mass is 32.1. The SMILES string of the molecule is CCOC(=O)CCN(Cc1ccco1)C(=S)NC(=O)C=Cc1ccccc1. The molecule has 0 saturated heterocycles. The van der Waals surface area contributed by atoms with E-state index in [4.69, 9.17) is 21.4 Å². The first kappa shape index (κ1) is 20.4. The van der Waals surface area contributed by atoms with Crippen molar-refractivity contribution in [3.63, 3.8) is 0 Å². The lowest BCUT2D eigenvalue weighted by Gasteiger charge is -2.23. The summed E-state index contributed by atoms with van der Waals surface area (Å²) in [5.74, 6) is 0.0137. The van der Waals surface area contributed by atoms with Crippen molar-refractivity contribution >= 4 is 35.3 Å². The number of nitrogens with one attached hydrogen (secondary N) is 1. The number of thiocarbonyl (C=S) groups is 1. The van der Waals surface area contributed by atoms with E-state index in [0.29, 0.717) is 25.5 Å². The summed E-state index contributed by atoms with van der Waals surface area (Å²) >= 11 is 5.34. The molecule has 0 fully saturated rings. The fraction of sp³-hybridized carbons (Fsp3) is 0.250. The molecule has 0 radical (unpaired) electrons. The van der Waals surface area contributed by atoms with Crippen LogP contribution in [0.3, 0.4) is 0 Å². The largest absolute Gasteiger partial charge is 0.467 e. The minimum atomic E-state index is -0.343. The monoisotopic (exact) mass is 386 g/mol. The predicted molar refractivity (Wildman–Crippen MR) is 107 cm³/mol. The highest BCUT2D eigenvalue weighted by molar-refractivity contribution is 7.80. The van der Waals surface area contributed by atoms with Crippen LogP contribution in [0.4, 0.5) is 0 Å². The second-order valence-electron chi connectivity index (χ2n) is 5.59. The summed E-state index contributed by atoms with van der Waals surface area (Å²) in [7, 11) is 0. The second kappa shape index (κ2) is 10.9. The van der Waals surface area contributed by atoms with Crippen molar-refractivity contribution in [1.29, 1.82) is 0 Å². The van der Waals surface area contributed by atoms with Crippen molar-refractivity contribution < 1.29 is 18.7 Å². The summed E-state index contributed by atoms with van der Waals surface area (Å²) in [4.78, 5) is 25.5. The van der Waals surface area contributed by atoms with Crippen molar-refractivity contribution in [2.45, 2.75) is 19.9 Å². The van der Waals surface area contributed by atoms with Crippen molar-refractivity contribution in [2.75, 3.05) is 13.2 Å². The van der Waals surface area contributed by atoms with Crippen LogP contribution < -0.4 is 5.32 Å². The molecule has 0 spiro atoms. The van der Waals surface area contributed by atoms with Gasteiger partial charge in [-0.3, -0.25) is 14.9 Å². The topological polar surface area (TPSA) is 71.8 Å². The quantitative estimate of drug-likeness (QED) is 0.427. The number of ether oxygens (including phenoxy) is 1. The number of esters is 1. The lowest BCUT2D eigenvalue weighted by Crippen LogP contribution is -2.42. The van der Waals surface area contributed by atoms with Gasteiger partial charge in [0.25, 0.3) is 0 Å². The number of hydrogen-bond donors (Lipinski definition) is 1. The van der Waals surface area contributed by atoms with Crippen LogP contribution in [-0.4, -0.2) is 35.0 Å². The first-order chi connectivity index (χ1) is 13.1. The standard InChI is InChI=1S/C20H22N2O4S/c1-2-25-19(24)12-13-22(15-17-9-6-14-26-17)20(27)21-18(23)11-10-16-7-4-3-5-8-16/h3-11,14H,2,12-13,15H2,1H3,(H,21,23,27). The van der Waals surface area contributed by atoms with Crippen LogP contribution in [0.25, 0.3) is 6.08 Å². The molecule has 1 aromatic carbocycles. The zero-order chi connectivity index (χ0) is 19.5. The van der Waals surface area contributed by atoms with E-state index in [0.717, 1.165) is 5.56 Å². The van der Waals surface area contributed by atoms with Gasteiger partial charge in [-0.25, -0.2) is 0 Å². The molecule has 2 aromatic rings. The Morgan fingerprint density at radius 3 is 2.67 bits per heavy atom. The third-order valence-corrected chi connectivity index (χ3v) is 3.92. The third kappa shape index (κ3) is 7.45. The molecule has 6 nitrogen and oxygen atoms in total. The molecule has 0 saturated carbocycles. The maximum atomic E-state index is 12.1. The zero-order valence-corrected chi connectivity index (χ0v) is 15.9. The Kier molecular flexibility index (Phi) is 8.25. The molecule has 1 N–H and O–H groups in total. The molecule has 7 heteroatoms. The average Bonchev–Trinajstić information content (AvgIpc) is 3.17. The van der Waals surface area contributed by atoms with E-state index in [-0.39, 0.29) is 23.4 Å². The molecule has 1 aromatic heterocycles. The summed E-state index contributed by atoms with van der Waals surface area (Å²) in [5.41, 5.74) is 0.910. The summed E-state index contributed by atoms with van der Waals surface area (Å²) in [6.45, 7) is 2.72. The van der Waals surface area contributed by atoms with Gasteiger partial charge in [0, 0.05) is 12.6 Å². The van der Waals surface area contributed by atoms with Crippen LogP contribution in [-0.2, 0) is 20.9 Å². The highest BCUT2D eigenvalue weighted by Crippen LogP contribution is 2.07. The van der Waals surface area contributed by atoms with Crippen LogP contribution in [0.1, 0.15) is 24.7 Å². The smallest absolute Gasteiger partial charge is 0.307 e. The maximum absolute atomic E-state index is 12.1. The van der Waals surface area contributed by atoms with Crippen molar-refractivity contribution in [3.8, 4) is 0 Å². The van der Waals surface area contributed by atoms with Gasteiger partial charge in [0.2, 0.25) is 5.91 Å². The van der Waals surface area contributed by atoms with Crippen molar-refractivity contribution in [2.24, 2.45) is 0 Å². The summed E-state index contributed by atoms with van der Waals surface area (Å²) in [6, 6.07) is 13.0. The van der Waals surface area contributed by atoms with Crippen molar-refractivity contribution in [3.05, 3.63) is 66.1 Å². The lowest BCUT2D eigenvalue weighted by molar-refractivity contribution is -0.143. The predicted octanol–water partition coefficient (Wildman–Crippen LogP) is 3.15. The molecular weight excluding hydrogens is 364 g/mol. The zero-order valence-electron chi connectivity index (χ0n) is 15.1. The van der Waals surface area contributed by atoms with Gasteiger partial charge in [-0.1, -0.05) is 30.3 Å². The molecule has 0 aliphatic rings. The van der Waals surface area contributed by atoms with Gasteiger partial charge in [-0.15, -0.1) is 0 Å². The molecule has 2 rings (SSSR count). The number of carbonyl (C=O) groups excluding carboxylic acids is 2. The average molecular weight is 386 g/mol. The minimum absolute atomic E-state index is 0.157. The Labute approximate surface area is 163 Å². The number of nitrogens with zero attached hydrogens (tertiary/aromatic N) is 1. The normalized spacial score (nSPS) is 10.6. The van der Waals surface area contributed by atoms with Crippen LogP contribution in [0.2, 0.25) is 0 Å². The minimum Gasteiger partial charge on any atom is -0.467 e. The first-order valence-electron chi connectivity index (χ1n) is 8.59. The maximum Gasteiger partial charge on any atom is 0.307 e. The van der Waals surface area contributed by atoms with E-state index < -0.39 is 0 Å². The first-order valence-corrected chi connectivity index (χ1v) is 9.00. The highest BCUT2D eigenvalue weighted by Gasteiger charge is 2.15. The van der Waals surface area contributed by atoms with Crippen LogP contribution in [0.15, 0.2) is 59.2 Å². The summed E-state index contributed by atoms with van der Waals surface area (Å²) in [6.07, 6.45) is 4.83. The number of rotatable bonds is 8. The molecule has 1 heterocycles. The fourth-order valence-electron chi connectivity index (χ4n) is 2.26. The van der Waals surface area contributed by atoms with E-state index in [1.54, 1.807) is 36.3 Å². The van der Waals surface area contributed by atoms with Crippen molar-refractivity contribution in [1.82, 2.24) is 10.2 Å². The van der Waals surface area contributed by atoms with E-state index in [1.165, 1.54) is 6.08 Å². The van der Waals surface area contributed by atoms with Gasteiger partial charge in [0.15, 0.2) is 5.11 Å². The van der Waals surface area contributed by atoms with Crippen LogP contribution >= 0.6 is 12.2 Å². The van der Waals surface area contributed by atoms with Gasteiger partial charge in [0.1, 0.15) is 5.76 Å². The molecule has 0 unspecified atom stereocenters. The van der Waals surface area contributed by atoms with E-state index in [9.17, 15) is 9.59 Å². The van der Waals surface area contributed by atoms with Gasteiger partial charge < -0.3 is 14.1 Å². The Morgan fingerprint density at radius 1 is 1.22 bits per heavy atom. The molecule has 1 amide bonds. The summed E-state index contributed by atoms with van der Waals surface area (Å²) in [5, 5.41) is 2.88. The Hall–Kier alpha value is -2.93. The number of hydrogen-bond acceptors (Lipinski definition) is 5. The molecule has 0 aliphatic heterocycles.